The number of alkyl halides is 3. The summed E-state index contributed by atoms with van der Waals surface area (Å²) in [5.41, 5.74) is 2.32. The Kier molecular flexibility index (Phi) is 7.93. The van der Waals surface area contributed by atoms with Crippen molar-refractivity contribution in [2.45, 2.75) is 52.4 Å². The van der Waals surface area contributed by atoms with Gasteiger partial charge in [-0.05, 0) is 25.3 Å². The third kappa shape index (κ3) is 5.74. The summed E-state index contributed by atoms with van der Waals surface area (Å²) in [7, 11) is 1.52. The molecule has 0 aliphatic heterocycles. The maximum absolute atomic E-state index is 13.2. The lowest BCUT2D eigenvalue weighted by atomic mass is 10.0. The van der Waals surface area contributed by atoms with Crippen molar-refractivity contribution in [3.05, 3.63) is 65.5 Å². The third-order valence-corrected chi connectivity index (χ3v) is 6.21. The lowest BCUT2D eigenvalue weighted by Gasteiger charge is -2.18. The van der Waals surface area contributed by atoms with Crippen molar-refractivity contribution >= 4 is 12.0 Å². The van der Waals surface area contributed by atoms with Crippen LogP contribution in [0.2, 0.25) is 0 Å². The first-order valence-electron chi connectivity index (χ1n) is 12.3. The van der Waals surface area contributed by atoms with Crippen molar-refractivity contribution in [1.82, 2.24) is 29.5 Å². The Morgan fingerprint density at radius 3 is 2.38 bits per heavy atom. The van der Waals surface area contributed by atoms with E-state index in [2.05, 4.69) is 25.3 Å². The van der Waals surface area contributed by atoms with E-state index in [1.54, 1.807) is 25.3 Å². The molecule has 3 heterocycles. The SMILES string of the molecule is CCn1cc(C(F)(F)F)nc1-c1ccc([C@H](C)Nc2nc(-c3c(OC)ncnc3C(C)C)ncc2C=N)cc1. The van der Waals surface area contributed by atoms with Crippen LogP contribution in [0.4, 0.5) is 19.0 Å². The molecule has 0 bridgehead atoms. The molecule has 204 valence electrons. The molecule has 4 rings (SSSR count). The number of nitrogens with zero attached hydrogens (tertiary/aromatic N) is 6. The van der Waals surface area contributed by atoms with Crippen LogP contribution in [0, 0.1) is 5.41 Å². The van der Waals surface area contributed by atoms with Gasteiger partial charge in [-0.3, -0.25) is 0 Å². The quantitative estimate of drug-likeness (QED) is 0.246. The van der Waals surface area contributed by atoms with Gasteiger partial charge in [-0.1, -0.05) is 38.1 Å². The van der Waals surface area contributed by atoms with Gasteiger partial charge in [0.1, 0.15) is 23.5 Å². The number of aryl methyl sites for hydroxylation is 1. The number of benzene rings is 1. The van der Waals surface area contributed by atoms with E-state index in [-0.39, 0.29) is 17.8 Å². The van der Waals surface area contributed by atoms with Gasteiger partial charge in [0.25, 0.3) is 0 Å². The maximum atomic E-state index is 13.2. The second-order valence-electron chi connectivity index (χ2n) is 9.16. The molecule has 0 radical (unpaired) electrons. The lowest BCUT2D eigenvalue weighted by Crippen LogP contribution is -2.12. The topological polar surface area (TPSA) is 114 Å². The number of hydrogen-bond acceptors (Lipinski definition) is 8. The summed E-state index contributed by atoms with van der Waals surface area (Å²) in [6, 6.07) is 6.88. The fourth-order valence-electron chi connectivity index (χ4n) is 4.15. The summed E-state index contributed by atoms with van der Waals surface area (Å²) in [4.78, 5) is 21.6. The molecule has 1 atom stereocenters. The summed E-state index contributed by atoms with van der Waals surface area (Å²) in [5.74, 6) is 1.46. The highest BCUT2D eigenvalue weighted by atomic mass is 19.4. The van der Waals surface area contributed by atoms with Crippen molar-refractivity contribution in [2.24, 2.45) is 0 Å². The zero-order valence-corrected chi connectivity index (χ0v) is 22.2. The molecule has 12 heteroatoms. The standard InChI is InChI=1S/C27H29F3N8O/c1-6-38-13-20(27(28,29)30)36-25(38)18-9-7-17(8-10-18)16(4)35-23-19(11-31)12-32-24(37-23)21-22(15(2)3)33-14-34-26(21)39-5/h7-16,31H,6H2,1-5H3,(H,32,35,37)/t16-/m0/s1. The highest BCUT2D eigenvalue weighted by Gasteiger charge is 2.34. The molecular formula is C27H29F3N8O. The Morgan fingerprint density at radius 1 is 1.08 bits per heavy atom. The van der Waals surface area contributed by atoms with Crippen LogP contribution in [0.1, 0.15) is 62.2 Å². The molecule has 0 aliphatic carbocycles. The Hall–Kier alpha value is -4.35. The number of anilines is 1. The van der Waals surface area contributed by atoms with Crippen molar-refractivity contribution in [2.75, 3.05) is 12.4 Å². The van der Waals surface area contributed by atoms with E-state index in [4.69, 9.17) is 15.1 Å². The predicted octanol–water partition coefficient (Wildman–Crippen LogP) is 6.14. The molecule has 0 spiro atoms. The Bertz CT molecular complexity index is 1470. The van der Waals surface area contributed by atoms with Crippen LogP contribution in [0.3, 0.4) is 0 Å². The molecule has 4 aromatic rings. The molecule has 0 saturated heterocycles. The zero-order chi connectivity index (χ0) is 28.3. The van der Waals surface area contributed by atoms with Gasteiger partial charge in [0.15, 0.2) is 11.5 Å². The van der Waals surface area contributed by atoms with Gasteiger partial charge in [0, 0.05) is 36.8 Å². The van der Waals surface area contributed by atoms with Crippen LogP contribution in [0.15, 0.2) is 43.0 Å². The van der Waals surface area contributed by atoms with Crippen molar-refractivity contribution < 1.29 is 17.9 Å². The number of methoxy groups -OCH3 is 1. The van der Waals surface area contributed by atoms with Crippen LogP contribution >= 0.6 is 0 Å². The Labute approximate surface area is 224 Å². The van der Waals surface area contributed by atoms with Crippen molar-refractivity contribution in [1.29, 1.82) is 5.41 Å². The normalized spacial score (nSPS) is 12.4. The summed E-state index contributed by atoms with van der Waals surface area (Å²) >= 11 is 0. The first kappa shape index (κ1) is 27.7. The number of imidazole rings is 1. The number of halogens is 3. The van der Waals surface area contributed by atoms with Gasteiger partial charge in [0.05, 0.1) is 18.4 Å². The van der Waals surface area contributed by atoms with E-state index in [9.17, 15) is 13.2 Å². The van der Waals surface area contributed by atoms with Crippen molar-refractivity contribution in [3.63, 3.8) is 0 Å². The Morgan fingerprint density at radius 2 is 1.79 bits per heavy atom. The number of hydrogen-bond donors (Lipinski definition) is 2. The zero-order valence-electron chi connectivity index (χ0n) is 22.2. The van der Waals surface area contributed by atoms with Gasteiger partial charge < -0.3 is 20.0 Å². The van der Waals surface area contributed by atoms with E-state index in [0.717, 1.165) is 23.7 Å². The molecule has 2 N–H and O–H groups in total. The van der Waals surface area contributed by atoms with E-state index in [1.165, 1.54) is 18.0 Å². The molecule has 0 aliphatic rings. The van der Waals surface area contributed by atoms with Crippen LogP contribution in [-0.2, 0) is 12.7 Å². The lowest BCUT2D eigenvalue weighted by molar-refractivity contribution is -0.140. The third-order valence-electron chi connectivity index (χ3n) is 6.21. The second-order valence-corrected chi connectivity index (χ2v) is 9.16. The van der Waals surface area contributed by atoms with Gasteiger partial charge in [-0.15, -0.1) is 0 Å². The van der Waals surface area contributed by atoms with Crippen LogP contribution in [0.5, 0.6) is 5.88 Å². The van der Waals surface area contributed by atoms with E-state index >= 15 is 0 Å². The van der Waals surface area contributed by atoms with Crippen molar-refractivity contribution in [3.8, 4) is 28.7 Å². The van der Waals surface area contributed by atoms with E-state index < -0.39 is 11.9 Å². The van der Waals surface area contributed by atoms with Crippen LogP contribution in [-0.4, -0.2) is 42.8 Å². The highest BCUT2D eigenvalue weighted by molar-refractivity contribution is 5.84. The largest absolute Gasteiger partial charge is 0.480 e. The highest BCUT2D eigenvalue weighted by Crippen LogP contribution is 2.34. The Balaban J connectivity index is 1.64. The minimum absolute atomic E-state index is 0.0623. The van der Waals surface area contributed by atoms with Gasteiger partial charge in [-0.25, -0.2) is 24.9 Å². The fraction of sp³-hybridized carbons (Fsp3) is 0.333. The maximum Gasteiger partial charge on any atom is 0.434 e. The first-order chi connectivity index (χ1) is 18.6. The van der Waals surface area contributed by atoms with Crippen LogP contribution < -0.4 is 10.1 Å². The number of nitrogens with one attached hydrogen (secondary N) is 2. The molecule has 3 aromatic heterocycles. The number of ether oxygens (including phenoxy) is 1. The molecule has 0 amide bonds. The smallest absolute Gasteiger partial charge is 0.434 e. The van der Waals surface area contributed by atoms with Gasteiger partial charge >= 0.3 is 6.18 Å². The molecule has 39 heavy (non-hydrogen) atoms. The summed E-state index contributed by atoms with van der Waals surface area (Å²) < 4.78 is 46.5. The van der Waals surface area contributed by atoms with Gasteiger partial charge in [0.2, 0.25) is 5.88 Å². The molecule has 0 fully saturated rings. The summed E-state index contributed by atoms with van der Waals surface area (Å²) in [6.07, 6.45) is 0.657. The number of aromatic nitrogens is 6. The van der Waals surface area contributed by atoms with Gasteiger partial charge in [-0.2, -0.15) is 13.2 Å². The average molecular weight is 539 g/mol. The summed E-state index contributed by atoms with van der Waals surface area (Å²) in [5, 5.41) is 11.1. The predicted molar refractivity (Wildman–Crippen MR) is 142 cm³/mol. The fourth-order valence-corrected chi connectivity index (χ4v) is 4.15. The summed E-state index contributed by atoms with van der Waals surface area (Å²) in [6.45, 7) is 8.04. The molecule has 1 aromatic carbocycles. The molecule has 0 saturated carbocycles. The molecule has 9 nitrogen and oxygen atoms in total. The van der Waals surface area contributed by atoms with E-state index in [0.29, 0.717) is 40.8 Å². The minimum Gasteiger partial charge on any atom is -0.480 e. The second kappa shape index (κ2) is 11.2. The first-order valence-corrected chi connectivity index (χ1v) is 12.3. The van der Waals surface area contributed by atoms with E-state index in [1.807, 2.05) is 32.9 Å². The number of rotatable bonds is 9. The van der Waals surface area contributed by atoms with Crippen LogP contribution in [0.25, 0.3) is 22.8 Å². The average Bonchev–Trinajstić information content (AvgIpc) is 3.38. The molecule has 0 unspecified atom stereocenters. The monoisotopic (exact) mass is 538 g/mol. The molecular weight excluding hydrogens is 509 g/mol. The minimum atomic E-state index is -4.51.